The Balaban J connectivity index is 1.51. The normalized spacial score (nSPS) is 22.7. The van der Waals surface area contributed by atoms with E-state index in [0.29, 0.717) is 16.9 Å². The van der Waals surface area contributed by atoms with Gasteiger partial charge in [0.1, 0.15) is 36.4 Å². The second-order valence-electron chi connectivity index (χ2n) is 10.6. The third-order valence-electron chi connectivity index (χ3n) is 7.59. The van der Waals surface area contributed by atoms with Gasteiger partial charge in [0.15, 0.2) is 0 Å². The van der Waals surface area contributed by atoms with Gasteiger partial charge < -0.3 is 24.1 Å². The first-order valence-electron chi connectivity index (χ1n) is 14.8. The first-order chi connectivity index (χ1) is 21.9. The van der Waals surface area contributed by atoms with Crippen molar-refractivity contribution in [1.82, 2.24) is 4.90 Å². The molecular weight excluding hydrogens is 598 g/mol. The van der Waals surface area contributed by atoms with E-state index in [-0.39, 0.29) is 32.7 Å². The highest BCUT2D eigenvalue weighted by molar-refractivity contribution is 7.99. The Bertz CT molecular complexity index is 1450. The Labute approximate surface area is 265 Å². The number of fused-ring (bicyclic) bond motifs is 1. The Morgan fingerprint density at radius 2 is 1.33 bits per heavy atom. The van der Waals surface area contributed by atoms with Gasteiger partial charge in [-0.25, -0.2) is 0 Å². The average Bonchev–Trinajstić information content (AvgIpc) is 3.31. The van der Waals surface area contributed by atoms with Gasteiger partial charge in [-0.05, 0) is 29.0 Å². The highest BCUT2D eigenvalue weighted by Crippen LogP contribution is 2.39. The molecule has 0 spiro atoms. The first-order valence-corrected chi connectivity index (χ1v) is 15.8. The Kier molecular flexibility index (Phi) is 11.0. The Hall–Kier alpha value is -4.03. The van der Waals surface area contributed by atoms with Crippen molar-refractivity contribution in [1.29, 1.82) is 0 Å². The predicted octanol–water partition coefficient (Wildman–Crippen LogP) is 4.71. The number of carboxylic acids is 1. The maximum atomic E-state index is 13.8. The van der Waals surface area contributed by atoms with Crippen molar-refractivity contribution in [2.75, 3.05) is 12.4 Å². The van der Waals surface area contributed by atoms with Crippen LogP contribution in [0.2, 0.25) is 0 Å². The van der Waals surface area contributed by atoms with Crippen LogP contribution in [0, 0.1) is 0 Å². The smallest absolute Gasteiger partial charge is 0.306 e. The topological polar surface area (TPSA) is 129 Å². The summed E-state index contributed by atoms with van der Waals surface area (Å²) in [6.45, 7) is 2.01. The first kappa shape index (κ1) is 32.4. The number of rotatable bonds is 14. The highest BCUT2D eigenvalue weighted by Gasteiger charge is 2.55. The summed E-state index contributed by atoms with van der Waals surface area (Å²) in [6, 6.07) is 24.8. The number of benzene rings is 3. The van der Waals surface area contributed by atoms with Crippen LogP contribution < -0.4 is 0 Å². The lowest BCUT2D eigenvalue weighted by Gasteiger charge is -2.48. The molecule has 2 aliphatic rings. The van der Waals surface area contributed by atoms with E-state index in [0.717, 1.165) is 11.1 Å². The van der Waals surface area contributed by atoms with E-state index in [9.17, 15) is 19.2 Å². The summed E-state index contributed by atoms with van der Waals surface area (Å²) in [6.07, 6.45) is -3.27. The van der Waals surface area contributed by atoms with Gasteiger partial charge >= 0.3 is 11.9 Å². The third-order valence-corrected chi connectivity index (χ3v) is 8.64. The van der Waals surface area contributed by atoms with E-state index in [4.69, 9.17) is 24.1 Å². The zero-order valence-electron chi connectivity index (χ0n) is 24.8. The van der Waals surface area contributed by atoms with Crippen molar-refractivity contribution in [3.05, 3.63) is 107 Å². The maximum absolute atomic E-state index is 13.8. The van der Waals surface area contributed by atoms with E-state index >= 15 is 0 Å². The molecule has 2 heterocycles. The molecule has 236 valence electrons. The molecule has 1 N–H and O–H groups in total. The van der Waals surface area contributed by atoms with Crippen molar-refractivity contribution in [2.45, 2.75) is 62.8 Å². The molecule has 3 aromatic carbocycles. The molecular formula is C34H35NO9S. The number of carbonyl (C=O) groups is 4. The van der Waals surface area contributed by atoms with E-state index in [2.05, 4.69) is 0 Å². The molecule has 0 radical (unpaired) electrons. The standard InChI is InChI=1S/C34H35NO9S/c1-2-45-34-29(35-32(39)24-15-9-10-16-25(24)33(35)40)31(43-20-23-13-7-4-8-14-23)30(42-19-22-11-5-3-6-12-22)26(44-34)21-41-28(38)18-17-27(36)37/h3-16,26,29-31,34H,2,17-21H2,1H3,(H,36,37)/t26-,29-,30-,31-,34+/m1/s1. The molecule has 11 heteroatoms. The fourth-order valence-corrected chi connectivity index (χ4v) is 6.48. The lowest BCUT2D eigenvalue weighted by molar-refractivity contribution is -0.222. The number of ether oxygens (including phenoxy) is 4. The van der Waals surface area contributed by atoms with Crippen LogP contribution in [0.1, 0.15) is 51.6 Å². The number of carboxylic acid groups (broad SMARTS) is 1. The zero-order chi connectivity index (χ0) is 31.8. The van der Waals surface area contributed by atoms with Crippen LogP contribution in [0.5, 0.6) is 0 Å². The fourth-order valence-electron chi connectivity index (χ4n) is 5.46. The minimum atomic E-state index is -1.11. The lowest BCUT2D eigenvalue weighted by Crippen LogP contribution is -2.65. The van der Waals surface area contributed by atoms with Gasteiger partial charge in [0.2, 0.25) is 0 Å². The highest BCUT2D eigenvalue weighted by atomic mass is 32.2. The molecule has 0 aliphatic carbocycles. The van der Waals surface area contributed by atoms with Gasteiger partial charge in [0.25, 0.3) is 11.8 Å². The number of esters is 1. The summed E-state index contributed by atoms with van der Waals surface area (Å²) in [5, 5.41) is 8.99. The Morgan fingerprint density at radius 3 is 1.87 bits per heavy atom. The molecule has 0 saturated carbocycles. The van der Waals surface area contributed by atoms with Crippen LogP contribution in [0.25, 0.3) is 0 Å². The van der Waals surface area contributed by atoms with E-state index in [1.807, 2.05) is 67.6 Å². The molecule has 5 rings (SSSR count). The van der Waals surface area contributed by atoms with Crippen molar-refractivity contribution < 1.29 is 43.2 Å². The van der Waals surface area contributed by atoms with Gasteiger partial charge in [-0.15, -0.1) is 11.8 Å². The van der Waals surface area contributed by atoms with Gasteiger partial charge in [-0.3, -0.25) is 24.1 Å². The summed E-state index contributed by atoms with van der Waals surface area (Å²) in [4.78, 5) is 52.3. The summed E-state index contributed by atoms with van der Waals surface area (Å²) >= 11 is 1.40. The van der Waals surface area contributed by atoms with Gasteiger partial charge in [-0.1, -0.05) is 79.7 Å². The van der Waals surface area contributed by atoms with Crippen molar-refractivity contribution in [3.63, 3.8) is 0 Å². The number of aliphatic carboxylic acids is 1. The Morgan fingerprint density at radius 1 is 0.800 bits per heavy atom. The lowest BCUT2D eigenvalue weighted by atomic mass is 9.95. The van der Waals surface area contributed by atoms with Crippen LogP contribution in [0.3, 0.4) is 0 Å². The van der Waals surface area contributed by atoms with Crippen LogP contribution in [-0.4, -0.2) is 75.9 Å². The van der Waals surface area contributed by atoms with E-state index in [1.54, 1.807) is 24.3 Å². The summed E-state index contributed by atoms with van der Waals surface area (Å²) < 4.78 is 25.1. The number of nitrogens with zero attached hydrogens (tertiary/aromatic N) is 1. The molecule has 5 atom stereocenters. The molecule has 0 unspecified atom stereocenters. The largest absolute Gasteiger partial charge is 0.481 e. The molecule has 45 heavy (non-hydrogen) atoms. The molecule has 2 aliphatic heterocycles. The van der Waals surface area contributed by atoms with Crippen LogP contribution in [0.4, 0.5) is 0 Å². The predicted molar refractivity (Wildman–Crippen MR) is 165 cm³/mol. The molecule has 3 aromatic rings. The van der Waals surface area contributed by atoms with Crippen LogP contribution >= 0.6 is 11.8 Å². The van der Waals surface area contributed by atoms with Gasteiger partial charge in [0, 0.05) is 0 Å². The van der Waals surface area contributed by atoms with E-state index in [1.165, 1.54) is 16.7 Å². The van der Waals surface area contributed by atoms with Crippen molar-refractivity contribution in [2.24, 2.45) is 0 Å². The average molecular weight is 634 g/mol. The van der Waals surface area contributed by atoms with Crippen molar-refractivity contribution >= 4 is 35.5 Å². The zero-order valence-corrected chi connectivity index (χ0v) is 25.6. The molecule has 1 saturated heterocycles. The monoisotopic (exact) mass is 633 g/mol. The van der Waals surface area contributed by atoms with Gasteiger partial charge in [0.05, 0.1) is 37.2 Å². The minimum absolute atomic E-state index is 0.157. The quantitative estimate of drug-likeness (QED) is 0.197. The van der Waals surface area contributed by atoms with Crippen molar-refractivity contribution in [3.8, 4) is 0 Å². The number of hydrogen-bond donors (Lipinski definition) is 1. The van der Waals surface area contributed by atoms with Crippen LogP contribution in [0.15, 0.2) is 84.9 Å². The van der Waals surface area contributed by atoms with Crippen LogP contribution in [-0.2, 0) is 41.8 Å². The number of hydrogen-bond acceptors (Lipinski definition) is 9. The number of thioether (sulfide) groups is 1. The second-order valence-corrected chi connectivity index (χ2v) is 12.0. The second kappa shape index (κ2) is 15.3. The maximum Gasteiger partial charge on any atom is 0.306 e. The number of amides is 2. The van der Waals surface area contributed by atoms with Gasteiger partial charge in [-0.2, -0.15) is 0 Å². The number of carbonyl (C=O) groups excluding carboxylic acids is 3. The molecule has 0 bridgehead atoms. The SMILES string of the molecule is CCS[C@@H]1O[C@H](COC(=O)CCC(=O)O)[C@@H](OCc2ccccc2)[C@H](OCc2ccccc2)[C@H]1N1C(=O)c2ccccc2C1=O. The molecule has 2 amide bonds. The number of imide groups is 1. The summed E-state index contributed by atoms with van der Waals surface area (Å²) in [5.41, 5.74) is 1.63. The summed E-state index contributed by atoms with van der Waals surface area (Å²) in [7, 11) is 0. The molecule has 10 nitrogen and oxygen atoms in total. The minimum Gasteiger partial charge on any atom is -0.481 e. The fraction of sp³-hybridized carbons (Fsp3) is 0.353. The third kappa shape index (κ3) is 7.80. The van der Waals surface area contributed by atoms with E-state index < -0.39 is 53.5 Å². The molecule has 0 aromatic heterocycles. The summed E-state index contributed by atoms with van der Waals surface area (Å²) in [5.74, 6) is -2.09. The molecule has 1 fully saturated rings.